The number of aliphatic hydroxyl groups is 1. The summed E-state index contributed by atoms with van der Waals surface area (Å²) < 4.78 is 4.62. The third-order valence-corrected chi connectivity index (χ3v) is 1.19. The molecule has 1 unspecified atom stereocenters. The molecule has 0 aliphatic heterocycles. The number of carboxylic acid groups (broad SMARTS) is 2. The van der Waals surface area contributed by atoms with Gasteiger partial charge in [0.1, 0.15) is 0 Å². The van der Waals surface area contributed by atoms with E-state index >= 15 is 0 Å². The second-order valence-electron chi connectivity index (χ2n) is 2.58. The van der Waals surface area contributed by atoms with Crippen molar-refractivity contribution < 1.29 is 29.6 Å². The summed E-state index contributed by atoms with van der Waals surface area (Å²) in [4.78, 5) is 19.4. The van der Waals surface area contributed by atoms with Crippen molar-refractivity contribution in [1.82, 2.24) is 0 Å². The molecule has 0 aromatic heterocycles. The molecule has 0 saturated carbocycles. The summed E-state index contributed by atoms with van der Waals surface area (Å²) in [6.07, 6.45) is 3.69. The zero-order chi connectivity index (χ0) is 13.0. The molecule has 0 heterocycles. The van der Waals surface area contributed by atoms with Gasteiger partial charge in [-0.15, -0.1) is 6.58 Å². The number of aliphatic hydroxyl groups excluding tert-OH is 1. The fourth-order valence-corrected chi connectivity index (χ4v) is 0.501. The van der Waals surface area contributed by atoms with Gasteiger partial charge in [-0.1, -0.05) is 6.08 Å². The second kappa shape index (κ2) is 11.3. The van der Waals surface area contributed by atoms with Crippen LogP contribution < -0.4 is 0 Å². The van der Waals surface area contributed by atoms with Crippen molar-refractivity contribution in [3.8, 4) is 0 Å². The third-order valence-electron chi connectivity index (χ3n) is 1.19. The summed E-state index contributed by atoms with van der Waals surface area (Å²) in [7, 11) is 1.62. The van der Waals surface area contributed by atoms with Gasteiger partial charge in [-0.2, -0.15) is 0 Å². The van der Waals surface area contributed by atoms with Crippen LogP contribution in [0.1, 0.15) is 12.8 Å². The number of aliphatic carboxylic acids is 2. The normalized spacial score (nSPS) is 11.1. The highest BCUT2D eigenvalue weighted by molar-refractivity contribution is 5.79. The SMILES string of the molecule is C=CCC=COC.O=C(O)CC(O)C(=O)O. The monoisotopic (exact) mass is 232 g/mol. The van der Waals surface area contributed by atoms with E-state index in [2.05, 4.69) is 11.3 Å². The highest BCUT2D eigenvalue weighted by atomic mass is 16.5. The molecule has 0 saturated heterocycles. The van der Waals surface area contributed by atoms with Crippen LogP contribution in [-0.4, -0.2) is 40.5 Å². The maximum Gasteiger partial charge on any atom is 0.333 e. The first kappa shape index (κ1) is 16.6. The van der Waals surface area contributed by atoms with Crippen LogP contribution in [0.4, 0.5) is 0 Å². The lowest BCUT2D eigenvalue weighted by molar-refractivity contribution is -0.152. The van der Waals surface area contributed by atoms with E-state index in [4.69, 9.17) is 15.3 Å². The lowest BCUT2D eigenvalue weighted by atomic mass is 10.3. The predicted octanol–water partition coefficient (Wildman–Crippen LogP) is 0.629. The number of methoxy groups -OCH3 is 1. The minimum atomic E-state index is -1.79. The van der Waals surface area contributed by atoms with Crippen molar-refractivity contribution >= 4 is 11.9 Å². The van der Waals surface area contributed by atoms with Crippen LogP contribution in [-0.2, 0) is 14.3 Å². The lowest BCUT2D eigenvalue weighted by Gasteiger charge is -1.97. The average Bonchev–Trinajstić information content (AvgIpc) is 2.18. The Bertz CT molecular complexity index is 246. The summed E-state index contributed by atoms with van der Waals surface area (Å²) in [5, 5.41) is 24.1. The van der Waals surface area contributed by atoms with E-state index in [9.17, 15) is 9.59 Å². The van der Waals surface area contributed by atoms with Crippen LogP contribution in [0.3, 0.4) is 0 Å². The van der Waals surface area contributed by atoms with Crippen molar-refractivity contribution in [2.75, 3.05) is 7.11 Å². The van der Waals surface area contributed by atoms with E-state index in [1.165, 1.54) is 0 Å². The molecule has 0 bridgehead atoms. The van der Waals surface area contributed by atoms with Gasteiger partial charge in [0.15, 0.2) is 6.10 Å². The van der Waals surface area contributed by atoms with E-state index in [0.717, 1.165) is 6.42 Å². The quantitative estimate of drug-likeness (QED) is 0.458. The molecule has 0 spiro atoms. The number of rotatable bonds is 6. The maximum absolute atomic E-state index is 9.72. The van der Waals surface area contributed by atoms with Gasteiger partial charge in [-0.05, 0) is 12.5 Å². The van der Waals surface area contributed by atoms with Crippen LogP contribution in [0.15, 0.2) is 25.0 Å². The van der Waals surface area contributed by atoms with E-state index in [1.54, 1.807) is 13.4 Å². The van der Waals surface area contributed by atoms with Crippen molar-refractivity contribution in [1.29, 1.82) is 0 Å². The Kier molecular flexibility index (Phi) is 11.7. The Morgan fingerprint density at radius 1 is 1.44 bits per heavy atom. The summed E-state index contributed by atoms with van der Waals surface area (Å²) in [6.45, 7) is 3.53. The van der Waals surface area contributed by atoms with E-state index in [1.807, 2.05) is 12.2 Å². The predicted molar refractivity (Wildman–Crippen MR) is 56.9 cm³/mol. The topological polar surface area (TPSA) is 104 Å². The van der Waals surface area contributed by atoms with Crippen molar-refractivity contribution in [3.63, 3.8) is 0 Å². The lowest BCUT2D eigenvalue weighted by Crippen LogP contribution is -2.22. The standard InChI is InChI=1S/C6H10O.C4H6O5/c1-3-4-5-6-7-2;5-2(4(8)9)1-3(6)7/h3,5-6H,1,4H2,2H3;2,5H,1H2,(H,6,7)(H,8,9). The molecule has 0 aliphatic carbocycles. The Hall–Kier alpha value is -1.82. The number of hydrogen-bond acceptors (Lipinski definition) is 4. The van der Waals surface area contributed by atoms with Crippen molar-refractivity contribution in [3.05, 3.63) is 25.0 Å². The van der Waals surface area contributed by atoms with E-state index in [0.29, 0.717) is 0 Å². The third kappa shape index (κ3) is 14.7. The van der Waals surface area contributed by atoms with Gasteiger partial charge >= 0.3 is 11.9 Å². The summed E-state index contributed by atoms with van der Waals surface area (Å²) in [5.74, 6) is -2.85. The highest BCUT2D eigenvalue weighted by Gasteiger charge is 2.16. The fourth-order valence-electron chi connectivity index (χ4n) is 0.501. The molecular formula is C10H16O6. The Balaban J connectivity index is 0. The second-order valence-corrected chi connectivity index (χ2v) is 2.58. The van der Waals surface area contributed by atoms with Crippen LogP contribution in [0.5, 0.6) is 0 Å². The van der Waals surface area contributed by atoms with Gasteiger partial charge in [0, 0.05) is 0 Å². The van der Waals surface area contributed by atoms with Gasteiger partial charge in [0.2, 0.25) is 0 Å². The van der Waals surface area contributed by atoms with Gasteiger partial charge in [-0.25, -0.2) is 4.79 Å². The summed E-state index contributed by atoms with van der Waals surface area (Å²) >= 11 is 0. The molecule has 6 nitrogen and oxygen atoms in total. The molecule has 0 aromatic rings. The van der Waals surface area contributed by atoms with Crippen LogP contribution in [0.25, 0.3) is 0 Å². The minimum Gasteiger partial charge on any atom is -0.505 e. The number of ether oxygens (including phenoxy) is 1. The molecule has 0 radical (unpaired) electrons. The molecule has 1 atom stereocenters. The largest absolute Gasteiger partial charge is 0.505 e. The molecule has 16 heavy (non-hydrogen) atoms. The van der Waals surface area contributed by atoms with Gasteiger partial charge in [-0.3, -0.25) is 4.79 Å². The first-order chi connectivity index (χ1) is 7.45. The first-order valence-corrected chi connectivity index (χ1v) is 4.37. The zero-order valence-electron chi connectivity index (χ0n) is 9.00. The van der Waals surface area contributed by atoms with E-state index < -0.39 is 24.5 Å². The molecular weight excluding hydrogens is 216 g/mol. The van der Waals surface area contributed by atoms with Crippen molar-refractivity contribution in [2.24, 2.45) is 0 Å². The number of allylic oxidation sites excluding steroid dienone is 2. The molecule has 0 amide bonds. The smallest absolute Gasteiger partial charge is 0.333 e. The Labute approximate surface area is 93.5 Å². The molecule has 6 heteroatoms. The average molecular weight is 232 g/mol. The number of carboxylic acids is 2. The van der Waals surface area contributed by atoms with E-state index in [-0.39, 0.29) is 0 Å². The molecule has 0 aliphatic rings. The Morgan fingerprint density at radius 3 is 2.25 bits per heavy atom. The van der Waals surface area contributed by atoms with Crippen LogP contribution in [0.2, 0.25) is 0 Å². The van der Waals surface area contributed by atoms with Gasteiger partial charge < -0.3 is 20.1 Å². The van der Waals surface area contributed by atoms with Gasteiger partial charge in [0.05, 0.1) is 19.8 Å². The fraction of sp³-hybridized carbons (Fsp3) is 0.400. The molecule has 0 aromatic carbocycles. The van der Waals surface area contributed by atoms with Crippen molar-refractivity contribution in [2.45, 2.75) is 18.9 Å². The Morgan fingerprint density at radius 2 is 2.00 bits per heavy atom. The number of hydrogen-bond donors (Lipinski definition) is 3. The highest BCUT2D eigenvalue weighted by Crippen LogP contribution is 1.89. The number of carbonyl (C=O) groups is 2. The molecule has 3 N–H and O–H groups in total. The molecule has 0 rings (SSSR count). The first-order valence-electron chi connectivity index (χ1n) is 4.37. The zero-order valence-corrected chi connectivity index (χ0v) is 9.00. The minimum absolute atomic E-state index is 0.755. The maximum atomic E-state index is 9.72. The summed E-state index contributed by atoms with van der Waals surface area (Å²) in [5.41, 5.74) is 0. The molecule has 0 fully saturated rings. The van der Waals surface area contributed by atoms with Crippen LogP contribution in [0, 0.1) is 0 Å². The summed E-state index contributed by atoms with van der Waals surface area (Å²) in [6, 6.07) is 0. The van der Waals surface area contributed by atoms with Gasteiger partial charge in [0.25, 0.3) is 0 Å². The van der Waals surface area contributed by atoms with Crippen LogP contribution >= 0.6 is 0 Å². The molecule has 92 valence electrons.